The van der Waals surface area contributed by atoms with Gasteiger partial charge >= 0.3 is 13.6 Å². The zero-order valence-electron chi connectivity index (χ0n) is 18.9. The molecule has 0 fully saturated rings. The van der Waals surface area contributed by atoms with Gasteiger partial charge in [-0.1, -0.05) is 58.3 Å². The second-order valence-electron chi connectivity index (χ2n) is 7.61. The maximum atomic E-state index is 12.5. The molecular weight excluding hydrogens is 421 g/mol. The van der Waals surface area contributed by atoms with Gasteiger partial charge < -0.3 is 13.8 Å². The summed E-state index contributed by atoms with van der Waals surface area (Å²) in [5.41, 5.74) is 0.0957. The number of nitrogens with zero attached hydrogens (tertiary/aromatic N) is 1. The molecule has 0 heterocycles. The van der Waals surface area contributed by atoms with E-state index < -0.39 is 24.6 Å². The van der Waals surface area contributed by atoms with Crippen LogP contribution in [0.3, 0.4) is 0 Å². The van der Waals surface area contributed by atoms with Crippen LogP contribution in [0.2, 0.25) is 0 Å². The molecule has 1 aromatic carbocycles. The van der Waals surface area contributed by atoms with Gasteiger partial charge in [0.15, 0.2) is 0 Å². The van der Waals surface area contributed by atoms with E-state index in [2.05, 4.69) is 6.92 Å². The average Bonchev–Trinajstić information content (AvgIpc) is 2.77. The minimum Gasteiger partial charge on any atom is -0.458 e. The van der Waals surface area contributed by atoms with Gasteiger partial charge in [0.2, 0.25) is 0 Å². The third kappa shape index (κ3) is 10.9. The Morgan fingerprint density at radius 3 is 1.97 bits per heavy atom. The molecule has 0 amide bonds. The number of hydrogen-bond donors (Lipinski definition) is 0. The van der Waals surface area contributed by atoms with Crippen LogP contribution < -0.4 is 0 Å². The van der Waals surface area contributed by atoms with Crippen molar-refractivity contribution in [3.05, 3.63) is 39.9 Å². The molecule has 1 rings (SSSR count). The average molecular weight is 458 g/mol. The number of nitro benzene ring substituents is 1. The first kappa shape index (κ1) is 27.3. The fraction of sp³-hybridized carbons (Fsp3) is 0.682. The Labute approximate surface area is 185 Å². The molecule has 0 bridgehead atoms. The summed E-state index contributed by atoms with van der Waals surface area (Å²) < 4.78 is 28.1. The number of non-ortho nitro benzene ring substituents is 1. The Morgan fingerprint density at radius 2 is 1.48 bits per heavy atom. The molecular formula is C22H36NO7P. The first-order valence-electron chi connectivity index (χ1n) is 11.0. The summed E-state index contributed by atoms with van der Waals surface area (Å²) >= 11 is 0. The van der Waals surface area contributed by atoms with Crippen molar-refractivity contribution in [3.8, 4) is 0 Å². The van der Waals surface area contributed by atoms with E-state index in [1.165, 1.54) is 77.0 Å². The summed E-state index contributed by atoms with van der Waals surface area (Å²) in [5.74, 6) is -0.616. The standard InChI is InChI=1S/C22H36NO7P/c1-4-5-6-7-8-9-10-11-12-13-21(18-31(27,28-2)29-3)30-22(24)19-14-16-20(17-15-19)23(25)26/h14-17,21H,4-13,18H2,1-3H3/t21-/m0/s1. The van der Waals surface area contributed by atoms with E-state index in [1.807, 2.05) is 0 Å². The van der Waals surface area contributed by atoms with E-state index >= 15 is 0 Å². The highest BCUT2D eigenvalue weighted by atomic mass is 31.2. The smallest absolute Gasteiger partial charge is 0.338 e. The van der Waals surface area contributed by atoms with Crippen LogP contribution in [0.25, 0.3) is 0 Å². The van der Waals surface area contributed by atoms with E-state index in [4.69, 9.17) is 13.8 Å². The van der Waals surface area contributed by atoms with Crippen molar-refractivity contribution in [1.82, 2.24) is 0 Å². The number of ether oxygens (including phenoxy) is 1. The number of benzene rings is 1. The number of rotatable bonds is 17. The molecule has 0 aliphatic heterocycles. The molecule has 1 atom stereocenters. The molecule has 8 nitrogen and oxygen atoms in total. The van der Waals surface area contributed by atoms with E-state index in [9.17, 15) is 19.5 Å². The zero-order chi connectivity index (χ0) is 23.1. The van der Waals surface area contributed by atoms with E-state index in [0.717, 1.165) is 19.3 Å². The van der Waals surface area contributed by atoms with Gasteiger partial charge in [0, 0.05) is 26.4 Å². The molecule has 0 N–H and O–H groups in total. The number of hydrogen-bond acceptors (Lipinski definition) is 7. The van der Waals surface area contributed by atoms with E-state index in [1.54, 1.807) is 0 Å². The first-order valence-corrected chi connectivity index (χ1v) is 12.7. The summed E-state index contributed by atoms with van der Waals surface area (Å²) in [6.45, 7) is 2.21. The SMILES string of the molecule is CCCCCCCCCCC[C@@H](CP(=O)(OC)OC)OC(=O)c1ccc([N+](=O)[O-])cc1. The van der Waals surface area contributed by atoms with E-state index in [0.29, 0.717) is 6.42 Å². The normalized spacial score (nSPS) is 12.5. The molecule has 9 heteroatoms. The van der Waals surface area contributed by atoms with Crippen molar-refractivity contribution in [3.63, 3.8) is 0 Å². The molecule has 0 aromatic heterocycles. The molecule has 176 valence electrons. The molecule has 1 aromatic rings. The maximum absolute atomic E-state index is 12.5. The molecule has 0 aliphatic rings. The number of esters is 1. The van der Waals surface area contributed by atoms with Crippen LogP contribution in [0.1, 0.15) is 81.5 Å². The minimum atomic E-state index is -3.35. The van der Waals surface area contributed by atoms with Gasteiger partial charge in [0.05, 0.1) is 16.6 Å². The van der Waals surface area contributed by atoms with Crippen LogP contribution in [0.4, 0.5) is 5.69 Å². The van der Waals surface area contributed by atoms with Gasteiger partial charge in [0.1, 0.15) is 6.10 Å². The molecule has 0 radical (unpaired) electrons. The molecule has 0 saturated carbocycles. The Morgan fingerprint density at radius 1 is 0.968 bits per heavy atom. The van der Waals surface area contributed by atoms with Gasteiger partial charge in [-0.2, -0.15) is 0 Å². The predicted molar refractivity (Wildman–Crippen MR) is 121 cm³/mol. The van der Waals surface area contributed by atoms with Gasteiger partial charge in [-0.25, -0.2) is 4.79 Å². The van der Waals surface area contributed by atoms with E-state index in [-0.39, 0.29) is 17.4 Å². The molecule has 0 aliphatic carbocycles. The van der Waals surface area contributed by atoms with Crippen LogP contribution in [-0.4, -0.2) is 37.4 Å². The number of unbranched alkanes of at least 4 members (excludes halogenated alkanes) is 8. The van der Waals surface area contributed by atoms with Crippen molar-refractivity contribution in [2.75, 3.05) is 20.4 Å². The second-order valence-corrected chi connectivity index (χ2v) is 9.92. The lowest BCUT2D eigenvalue weighted by Crippen LogP contribution is -2.23. The fourth-order valence-electron chi connectivity index (χ4n) is 3.28. The molecule has 0 saturated heterocycles. The lowest BCUT2D eigenvalue weighted by Gasteiger charge is -2.22. The van der Waals surface area contributed by atoms with Crippen LogP contribution in [0.15, 0.2) is 24.3 Å². The van der Waals surface area contributed by atoms with Gasteiger partial charge in [-0.15, -0.1) is 0 Å². The molecule has 0 spiro atoms. The van der Waals surface area contributed by atoms with Crippen LogP contribution in [-0.2, 0) is 18.3 Å². The van der Waals surface area contributed by atoms with Crippen molar-refractivity contribution in [2.45, 2.75) is 77.2 Å². The Bertz CT molecular complexity index is 700. The second kappa shape index (κ2) is 15.1. The highest BCUT2D eigenvalue weighted by Crippen LogP contribution is 2.47. The van der Waals surface area contributed by atoms with Crippen molar-refractivity contribution in [2.24, 2.45) is 0 Å². The largest absolute Gasteiger partial charge is 0.458 e. The van der Waals surface area contributed by atoms with Gasteiger partial charge in [0.25, 0.3) is 5.69 Å². The number of carbonyl (C=O) groups is 1. The van der Waals surface area contributed by atoms with Gasteiger partial charge in [-0.05, 0) is 25.0 Å². The lowest BCUT2D eigenvalue weighted by molar-refractivity contribution is -0.384. The monoisotopic (exact) mass is 457 g/mol. The Hall–Kier alpha value is -1.76. The summed E-state index contributed by atoms with van der Waals surface area (Å²) in [6, 6.07) is 5.20. The summed E-state index contributed by atoms with van der Waals surface area (Å²) in [4.78, 5) is 22.7. The molecule has 0 unspecified atom stereocenters. The highest BCUT2D eigenvalue weighted by molar-refractivity contribution is 7.53. The molecule has 31 heavy (non-hydrogen) atoms. The van der Waals surface area contributed by atoms with Crippen molar-refractivity contribution >= 4 is 19.3 Å². The quantitative estimate of drug-likeness (QED) is 0.0861. The lowest BCUT2D eigenvalue weighted by atomic mass is 10.1. The predicted octanol–water partition coefficient (Wildman–Crippen LogP) is 6.53. The fourth-order valence-corrected chi connectivity index (χ4v) is 4.48. The van der Waals surface area contributed by atoms with Crippen molar-refractivity contribution < 1.29 is 28.1 Å². The topological polar surface area (TPSA) is 105 Å². The number of carbonyl (C=O) groups excluding carboxylic acids is 1. The van der Waals surface area contributed by atoms with Crippen LogP contribution in [0.5, 0.6) is 0 Å². The summed E-state index contributed by atoms with van der Waals surface area (Å²) in [7, 11) is -0.742. The maximum Gasteiger partial charge on any atom is 0.338 e. The minimum absolute atomic E-state index is 0.0320. The van der Waals surface area contributed by atoms with Crippen molar-refractivity contribution in [1.29, 1.82) is 0 Å². The Kier molecular flexibility index (Phi) is 13.3. The highest BCUT2D eigenvalue weighted by Gasteiger charge is 2.29. The third-order valence-electron chi connectivity index (χ3n) is 5.20. The Balaban J connectivity index is 2.58. The first-order chi connectivity index (χ1) is 14.8. The van der Waals surface area contributed by atoms with Crippen LogP contribution >= 0.6 is 7.60 Å². The summed E-state index contributed by atoms with van der Waals surface area (Å²) in [5, 5.41) is 10.8. The third-order valence-corrected chi connectivity index (χ3v) is 7.17. The zero-order valence-corrected chi connectivity index (χ0v) is 19.8. The van der Waals surface area contributed by atoms with Crippen LogP contribution in [0, 0.1) is 10.1 Å². The van der Waals surface area contributed by atoms with Gasteiger partial charge in [-0.3, -0.25) is 14.7 Å². The number of nitro groups is 1. The summed E-state index contributed by atoms with van der Waals surface area (Å²) in [6.07, 6.45) is 10.4.